The van der Waals surface area contributed by atoms with E-state index < -0.39 is 11.9 Å². The molecule has 9 nitrogen and oxygen atoms in total. The number of nitrogens with zero attached hydrogens (tertiary/aromatic N) is 4. The Morgan fingerprint density at radius 1 is 1.05 bits per heavy atom. The molecule has 2 aromatic carbocycles. The third kappa shape index (κ3) is 4.19. The first kappa shape index (κ1) is 25.6. The van der Waals surface area contributed by atoms with Crippen LogP contribution in [0.1, 0.15) is 52.7 Å². The van der Waals surface area contributed by atoms with Gasteiger partial charge in [-0.15, -0.1) is 0 Å². The van der Waals surface area contributed by atoms with Gasteiger partial charge >= 0.3 is 0 Å². The van der Waals surface area contributed by atoms with Crippen molar-refractivity contribution in [1.82, 2.24) is 24.9 Å². The third-order valence-electron chi connectivity index (χ3n) is 8.77. The molecular formula is C29H27Cl2N5O4. The van der Waals surface area contributed by atoms with Crippen LogP contribution in [0.4, 0.5) is 0 Å². The second-order valence-electron chi connectivity index (χ2n) is 11.1. The highest BCUT2D eigenvalue weighted by molar-refractivity contribution is 6.30. The van der Waals surface area contributed by atoms with Gasteiger partial charge < -0.3 is 9.64 Å². The second kappa shape index (κ2) is 9.61. The number of carbonyl (C=O) groups is 3. The van der Waals surface area contributed by atoms with Crippen molar-refractivity contribution in [3.05, 3.63) is 75.0 Å². The molecule has 206 valence electrons. The molecule has 1 spiro atoms. The smallest absolute Gasteiger partial charge is 0.255 e. The number of benzene rings is 2. The Labute approximate surface area is 241 Å². The highest BCUT2D eigenvalue weighted by Crippen LogP contribution is 2.49. The van der Waals surface area contributed by atoms with Crippen LogP contribution in [0.3, 0.4) is 0 Å². The van der Waals surface area contributed by atoms with Gasteiger partial charge in [0.15, 0.2) is 5.15 Å². The molecule has 40 heavy (non-hydrogen) atoms. The van der Waals surface area contributed by atoms with Crippen molar-refractivity contribution in [2.24, 2.45) is 0 Å². The summed E-state index contributed by atoms with van der Waals surface area (Å²) >= 11 is 12.5. The highest BCUT2D eigenvalue weighted by atomic mass is 35.5. The average Bonchev–Trinajstić information content (AvgIpc) is 3.60. The quantitative estimate of drug-likeness (QED) is 0.471. The number of likely N-dealkylation sites (tertiary alicyclic amines) is 1. The van der Waals surface area contributed by atoms with Gasteiger partial charge in [-0.3, -0.25) is 24.6 Å². The summed E-state index contributed by atoms with van der Waals surface area (Å²) in [6.45, 7) is 3.36. The Morgan fingerprint density at radius 2 is 1.82 bits per heavy atom. The van der Waals surface area contributed by atoms with Crippen LogP contribution in [-0.4, -0.2) is 63.0 Å². The first-order valence-corrected chi connectivity index (χ1v) is 14.2. The van der Waals surface area contributed by atoms with Crippen LogP contribution in [0.25, 0.3) is 5.69 Å². The van der Waals surface area contributed by atoms with Gasteiger partial charge in [-0.05, 0) is 62.7 Å². The van der Waals surface area contributed by atoms with Crippen molar-refractivity contribution in [3.8, 4) is 11.4 Å². The zero-order valence-corrected chi connectivity index (χ0v) is 23.2. The number of imide groups is 1. The number of carbonyl (C=O) groups excluding carboxylic acids is 3. The zero-order valence-electron chi connectivity index (χ0n) is 21.7. The van der Waals surface area contributed by atoms with E-state index in [1.165, 1.54) is 0 Å². The van der Waals surface area contributed by atoms with Crippen molar-refractivity contribution >= 4 is 40.9 Å². The molecule has 5 heterocycles. The molecule has 1 atom stereocenters. The summed E-state index contributed by atoms with van der Waals surface area (Å²) in [5.74, 6) is -0.0812. The third-order valence-corrected chi connectivity index (χ3v) is 9.34. The molecule has 0 aliphatic carbocycles. The summed E-state index contributed by atoms with van der Waals surface area (Å²) < 4.78 is 8.08. The van der Waals surface area contributed by atoms with Gasteiger partial charge in [-0.1, -0.05) is 29.3 Å². The maximum absolute atomic E-state index is 13.2. The Kier molecular flexibility index (Phi) is 6.14. The summed E-state index contributed by atoms with van der Waals surface area (Å²) in [6, 6.07) is 10.8. The van der Waals surface area contributed by atoms with E-state index in [0.29, 0.717) is 41.9 Å². The molecule has 3 aromatic rings. The molecule has 2 saturated heterocycles. The lowest BCUT2D eigenvalue weighted by atomic mass is 9.74. The zero-order chi connectivity index (χ0) is 27.6. The maximum Gasteiger partial charge on any atom is 0.255 e. The minimum absolute atomic E-state index is 0.108. The van der Waals surface area contributed by atoms with Gasteiger partial charge in [0.05, 0.1) is 18.8 Å². The predicted molar refractivity (Wildman–Crippen MR) is 148 cm³/mol. The lowest BCUT2D eigenvalue weighted by molar-refractivity contribution is -0.136. The van der Waals surface area contributed by atoms with Crippen LogP contribution in [0.5, 0.6) is 5.75 Å². The number of piperidine rings is 2. The molecule has 7 rings (SSSR count). The Balaban J connectivity index is 1.05. The van der Waals surface area contributed by atoms with Gasteiger partial charge in [0.25, 0.3) is 5.91 Å². The number of hydrogen-bond acceptors (Lipinski definition) is 6. The van der Waals surface area contributed by atoms with Crippen molar-refractivity contribution in [3.63, 3.8) is 0 Å². The van der Waals surface area contributed by atoms with Crippen LogP contribution >= 0.6 is 23.2 Å². The highest BCUT2D eigenvalue weighted by Gasteiger charge is 2.47. The molecule has 0 radical (unpaired) electrons. The minimum atomic E-state index is -0.636. The van der Waals surface area contributed by atoms with Gasteiger partial charge in [0.1, 0.15) is 11.8 Å². The SMILES string of the molecule is O=C1CC[C@H](N2Cc3c(ccc4c3OCC43CCN(Cc4cn(-c5ccc(Cl)cc5)nc4Cl)CC3)C2=O)C(=O)N1. The van der Waals surface area contributed by atoms with E-state index in [1.807, 2.05) is 42.6 Å². The lowest BCUT2D eigenvalue weighted by Gasteiger charge is -2.38. The summed E-state index contributed by atoms with van der Waals surface area (Å²) in [5.41, 5.74) is 4.36. The lowest BCUT2D eigenvalue weighted by Crippen LogP contribution is -2.52. The van der Waals surface area contributed by atoms with E-state index in [0.717, 1.165) is 54.1 Å². The number of halogens is 2. The van der Waals surface area contributed by atoms with E-state index in [2.05, 4.69) is 15.3 Å². The average molecular weight is 580 g/mol. The van der Waals surface area contributed by atoms with E-state index >= 15 is 0 Å². The van der Waals surface area contributed by atoms with E-state index in [9.17, 15) is 14.4 Å². The summed E-state index contributed by atoms with van der Waals surface area (Å²) in [7, 11) is 0. The maximum atomic E-state index is 13.2. The second-order valence-corrected chi connectivity index (χ2v) is 11.9. The van der Waals surface area contributed by atoms with E-state index in [4.69, 9.17) is 27.9 Å². The van der Waals surface area contributed by atoms with Crippen molar-refractivity contribution in [1.29, 1.82) is 0 Å². The van der Waals surface area contributed by atoms with Gasteiger partial charge in [0.2, 0.25) is 11.8 Å². The first-order chi connectivity index (χ1) is 19.3. The Hall–Kier alpha value is -3.40. The number of aromatic nitrogens is 2. The number of ether oxygens (including phenoxy) is 1. The summed E-state index contributed by atoms with van der Waals surface area (Å²) in [6.07, 6.45) is 4.39. The fraction of sp³-hybridized carbons (Fsp3) is 0.379. The number of rotatable bonds is 4. The molecule has 1 N–H and O–H groups in total. The number of amides is 3. The molecule has 4 aliphatic heterocycles. The molecule has 0 saturated carbocycles. The monoisotopic (exact) mass is 579 g/mol. The first-order valence-electron chi connectivity index (χ1n) is 13.5. The van der Waals surface area contributed by atoms with Gasteiger partial charge in [-0.2, -0.15) is 5.10 Å². The molecular weight excluding hydrogens is 553 g/mol. The fourth-order valence-electron chi connectivity index (χ4n) is 6.50. The van der Waals surface area contributed by atoms with Crippen LogP contribution in [0.15, 0.2) is 42.6 Å². The molecule has 0 unspecified atom stereocenters. The largest absolute Gasteiger partial charge is 0.492 e. The molecule has 2 fully saturated rings. The van der Waals surface area contributed by atoms with E-state index in [1.54, 1.807) is 9.58 Å². The molecule has 4 aliphatic rings. The van der Waals surface area contributed by atoms with Crippen LogP contribution in [0.2, 0.25) is 10.2 Å². The van der Waals surface area contributed by atoms with Crippen LogP contribution in [0, 0.1) is 0 Å². The van der Waals surface area contributed by atoms with Crippen molar-refractivity contribution in [2.45, 2.75) is 50.2 Å². The van der Waals surface area contributed by atoms with E-state index in [-0.39, 0.29) is 23.7 Å². The van der Waals surface area contributed by atoms with Gasteiger partial charge in [0, 0.05) is 51.9 Å². The molecule has 11 heteroatoms. The minimum Gasteiger partial charge on any atom is -0.492 e. The summed E-state index contributed by atoms with van der Waals surface area (Å²) in [4.78, 5) is 41.2. The molecule has 1 aromatic heterocycles. The normalized spacial score (nSPS) is 21.9. The molecule has 3 amide bonds. The van der Waals surface area contributed by atoms with Crippen LogP contribution < -0.4 is 10.1 Å². The van der Waals surface area contributed by atoms with Gasteiger partial charge in [-0.25, -0.2) is 4.68 Å². The van der Waals surface area contributed by atoms with Crippen molar-refractivity contribution in [2.75, 3.05) is 19.7 Å². The topological polar surface area (TPSA) is 96.8 Å². The Bertz CT molecular complexity index is 1540. The Morgan fingerprint density at radius 3 is 2.58 bits per heavy atom. The van der Waals surface area contributed by atoms with Crippen molar-refractivity contribution < 1.29 is 19.1 Å². The number of hydrogen-bond donors (Lipinski definition) is 1. The summed E-state index contributed by atoms with van der Waals surface area (Å²) in [5, 5.41) is 8.01. The fourth-order valence-corrected chi connectivity index (χ4v) is 6.81. The van der Waals surface area contributed by atoms with Crippen LogP contribution in [-0.2, 0) is 28.1 Å². The molecule has 0 bridgehead atoms. The number of nitrogens with one attached hydrogen (secondary N) is 1. The standard InChI is InChI=1S/C29H27Cl2N5O4/c30-18-1-3-19(4-2-18)36-14-17(26(31)33-36)13-34-11-9-29(10-12-34)16-40-25-21-15-35(23-7-8-24(37)32-27(23)38)28(39)20(21)5-6-22(25)29/h1-6,14,23H,7-13,15-16H2,(H,32,37,38)/t23-/m0/s1. The number of fused-ring (bicyclic) bond motifs is 4. The predicted octanol–water partition coefficient (Wildman–Crippen LogP) is 3.87.